The Morgan fingerprint density at radius 3 is 2.77 bits per heavy atom. The Morgan fingerprint density at radius 2 is 2.08 bits per heavy atom. The number of rotatable bonds is 5. The quantitative estimate of drug-likeness (QED) is 0.682. The molecule has 0 aliphatic heterocycles. The first kappa shape index (κ1) is 16.8. The minimum Gasteiger partial charge on any atom is -0.493 e. The average molecular weight is 373 g/mol. The monoisotopic (exact) mass is 373 g/mol. The smallest absolute Gasteiger partial charge is 0.276 e. The minimum absolute atomic E-state index is 0.175. The fraction of sp³-hybridized carbons (Fsp3) is 0.333. The van der Waals surface area contributed by atoms with E-state index in [2.05, 4.69) is 4.98 Å². The van der Waals surface area contributed by atoms with Gasteiger partial charge in [-0.1, -0.05) is 0 Å². The first-order valence-electron chi connectivity index (χ1n) is 8.33. The van der Waals surface area contributed by atoms with Crippen molar-refractivity contribution < 1.29 is 13.2 Å². The van der Waals surface area contributed by atoms with Gasteiger partial charge in [0.05, 0.1) is 29.7 Å². The highest BCUT2D eigenvalue weighted by Crippen LogP contribution is 2.35. The molecule has 0 radical (unpaired) electrons. The molecule has 1 aromatic carbocycles. The van der Waals surface area contributed by atoms with Crippen LogP contribution in [0.5, 0.6) is 5.75 Å². The van der Waals surface area contributed by atoms with Gasteiger partial charge in [0.15, 0.2) is 9.84 Å². The summed E-state index contributed by atoms with van der Waals surface area (Å²) in [5.41, 5.74) is 1.51. The number of sulfone groups is 1. The molecule has 7 nitrogen and oxygen atoms in total. The van der Waals surface area contributed by atoms with Crippen LogP contribution in [0.3, 0.4) is 0 Å². The first-order chi connectivity index (χ1) is 12.3. The van der Waals surface area contributed by atoms with E-state index in [0.29, 0.717) is 35.0 Å². The van der Waals surface area contributed by atoms with Crippen molar-refractivity contribution in [2.45, 2.75) is 17.7 Å². The van der Waals surface area contributed by atoms with Crippen LogP contribution in [0.15, 0.2) is 46.6 Å². The van der Waals surface area contributed by atoms with E-state index in [0.717, 1.165) is 12.8 Å². The molecule has 4 rings (SSSR count). The van der Waals surface area contributed by atoms with Crippen LogP contribution < -0.4 is 10.3 Å². The zero-order valence-corrected chi connectivity index (χ0v) is 15.4. The molecule has 1 aliphatic rings. The molecule has 3 aromatic rings. The second kappa shape index (κ2) is 5.98. The van der Waals surface area contributed by atoms with Gasteiger partial charge >= 0.3 is 0 Å². The van der Waals surface area contributed by atoms with Crippen LogP contribution in [0.25, 0.3) is 16.8 Å². The van der Waals surface area contributed by atoms with E-state index < -0.39 is 9.84 Å². The summed E-state index contributed by atoms with van der Waals surface area (Å²) in [5, 5.41) is 0. The van der Waals surface area contributed by atoms with E-state index in [4.69, 9.17) is 4.74 Å². The number of fused-ring (bicyclic) bond motifs is 1. The molecule has 136 valence electrons. The number of ether oxygens (including phenoxy) is 1. The summed E-state index contributed by atoms with van der Waals surface area (Å²) in [7, 11) is -1.72. The van der Waals surface area contributed by atoms with E-state index in [1.807, 2.05) is 0 Å². The van der Waals surface area contributed by atoms with E-state index in [1.54, 1.807) is 42.2 Å². The highest BCUT2D eigenvalue weighted by atomic mass is 32.2. The van der Waals surface area contributed by atoms with E-state index in [9.17, 15) is 13.2 Å². The van der Waals surface area contributed by atoms with Gasteiger partial charge in [0.1, 0.15) is 11.3 Å². The Bertz CT molecular complexity index is 1160. The number of aromatic nitrogens is 3. The zero-order valence-electron chi connectivity index (χ0n) is 14.5. The molecule has 0 amide bonds. The van der Waals surface area contributed by atoms with Gasteiger partial charge in [0, 0.05) is 25.1 Å². The van der Waals surface area contributed by atoms with Gasteiger partial charge in [0.25, 0.3) is 5.56 Å². The lowest BCUT2D eigenvalue weighted by atomic mass is 10.1. The number of aryl methyl sites for hydroxylation is 1. The molecule has 0 N–H and O–H groups in total. The molecule has 2 aromatic heterocycles. The molecule has 0 spiro atoms. The molecule has 1 aliphatic carbocycles. The Morgan fingerprint density at radius 1 is 1.31 bits per heavy atom. The van der Waals surface area contributed by atoms with Crippen LogP contribution in [-0.2, 0) is 16.9 Å². The van der Waals surface area contributed by atoms with Gasteiger partial charge in [-0.2, -0.15) is 0 Å². The molecule has 0 unspecified atom stereocenters. The third kappa shape index (κ3) is 3.01. The fourth-order valence-corrected chi connectivity index (χ4v) is 3.53. The molecule has 2 heterocycles. The zero-order chi connectivity index (χ0) is 18.5. The third-order valence-electron chi connectivity index (χ3n) is 4.58. The summed E-state index contributed by atoms with van der Waals surface area (Å²) in [6.45, 7) is 0.601. The largest absolute Gasteiger partial charge is 0.493 e. The fourth-order valence-electron chi connectivity index (χ4n) is 2.89. The number of nitrogens with zero attached hydrogens (tertiary/aromatic N) is 3. The van der Waals surface area contributed by atoms with Crippen molar-refractivity contribution in [3.05, 3.63) is 47.3 Å². The molecule has 1 saturated carbocycles. The summed E-state index contributed by atoms with van der Waals surface area (Å²) < 4.78 is 33.1. The Hall–Kier alpha value is -2.61. The highest BCUT2D eigenvalue weighted by Gasteiger charge is 2.23. The second-order valence-corrected chi connectivity index (χ2v) is 8.78. The van der Waals surface area contributed by atoms with Gasteiger partial charge in [-0.05, 0) is 37.0 Å². The van der Waals surface area contributed by atoms with E-state index in [1.165, 1.54) is 17.0 Å². The van der Waals surface area contributed by atoms with Crippen molar-refractivity contribution in [1.82, 2.24) is 14.0 Å². The standard InChI is InChI=1S/C18H19N3O4S/c1-20-9-16(21-11-19-8-15(21)18(20)22)14-7-13(26(2,23)24)5-6-17(14)25-10-12-3-4-12/h5-9,11-12H,3-4,10H2,1-2H3. The lowest BCUT2D eigenvalue weighted by Gasteiger charge is -2.15. The van der Waals surface area contributed by atoms with Crippen molar-refractivity contribution >= 4 is 15.4 Å². The van der Waals surface area contributed by atoms with Crippen LogP contribution in [0, 0.1) is 5.92 Å². The van der Waals surface area contributed by atoms with Crippen molar-refractivity contribution in [2.75, 3.05) is 12.9 Å². The maximum absolute atomic E-state index is 12.3. The summed E-state index contributed by atoms with van der Waals surface area (Å²) in [6, 6.07) is 4.83. The lowest BCUT2D eigenvalue weighted by Crippen LogP contribution is -2.19. The normalized spacial score (nSPS) is 14.7. The molecular weight excluding hydrogens is 354 g/mol. The topological polar surface area (TPSA) is 82.7 Å². The van der Waals surface area contributed by atoms with Crippen molar-refractivity contribution in [1.29, 1.82) is 0 Å². The predicted octanol–water partition coefficient (Wildman–Crippen LogP) is 1.89. The summed E-state index contributed by atoms with van der Waals surface area (Å²) >= 11 is 0. The summed E-state index contributed by atoms with van der Waals surface area (Å²) in [5.74, 6) is 1.16. The van der Waals surface area contributed by atoms with Gasteiger partial charge in [-0.3, -0.25) is 9.20 Å². The molecule has 8 heteroatoms. The van der Waals surface area contributed by atoms with Crippen molar-refractivity contribution in [3.8, 4) is 17.0 Å². The summed E-state index contributed by atoms with van der Waals surface area (Å²) in [6.07, 6.45) is 8.19. The first-order valence-corrected chi connectivity index (χ1v) is 10.2. The van der Waals surface area contributed by atoms with Crippen LogP contribution in [0.2, 0.25) is 0 Å². The van der Waals surface area contributed by atoms with Gasteiger partial charge in [0.2, 0.25) is 0 Å². The molecule has 26 heavy (non-hydrogen) atoms. The SMILES string of the molecule is Cn1cc(-c2cc(S(C)(=O)=O)ccc2OCC2CC2)n2cncc2c1=O. The van der Waals surface area contributed by atoms with Gasteiger partial charge in [-0.15, -0.1) is 0 Å². The van der Waals surface area contributed by atoms with Crippen molar-refractivity contribution in [3.63, 3.8) is 0 Å². The highest BCUT2D eigenvalue weighted by molar-refractivity contribution is 7.90. The Kier molecular flexibility index (Phi) is 3.87. The average Bonchev–Trinajstić information content (AvgIpc) is 3.29. The second-order valence-electron chi connectivity index (χ2n) is 6.76. The molecule has 0 bridgehead atoms. The molecule has 1 fully saturated rings. The molecular formula is C18H19N3O4S. The van der Waals surface area contributed by atoms with E-state index >= 15 is 0 Å². The van der Waals surface area contributed by atoms with Gasteiger partial charge in [-0.25, -0.2) is 13.4 Å². The number of hydrogen-bond acceptors (Lipinski definition) is 5. The Balaban J connectivity index is 1.94. The Labute approximate surface area is 150 Å². The van der Waals surface area contributed by atoms with Crippen LogP contribution in [-0.4, -0.2) is 35.2 Å². The summed E-state index contributed by atoms with van der Waals surface area (Å²) in [4.78, 5) is 16.5. The maximum Gasteiger partial charge on any atom is 0.276 e. The third-order valence-corrected chi connectivity index (χ3v) is 5.69. The predicted molar refractivity (Wildman–Crippen MR) is 97.2 cm³/mol. The molecule has 0 atom stereocenters. The van der Waals surface area contributed by atoms with Crippen molar-refractivity contribution in [2.24, 2.45) is 13.0 Å². The minimum atomic E-state index is -3.38. The number of imidazole rings is 1. The maximum atomic E-state index is 12.3. The molecule has 0 saturated heterocycles. The number of hydrogen-bond donors (Lipinski definition) is 0. The van der Waals surface area contributed by atoms with Crippen LogP contribution in [0.4, 0.5) is 0 Å². The van der Waals surface area contributed by atoms with Crippen LogP contribution >= 0.6 is 0 Å². The number of benzene rings is 1. The lowest BCUT2D eigenvalue weighted by molar-refractivity contribution is 0.300. The van der Waals surface area contributed by atoms with Crippen LogP contribution in [0.1, 0.15) is 12.8 Å². The van der Waals surface area contributed by atoms with E-state index in [-0.39, 0.29) is 10.5 Å². The van der Waals surface area contributed by atoms with Gasteiger partial charge < -0.3 is 9.30 Å².